The first-order chi connectivity index (χ1) is 5.24. The molecule has 0 saturated carbocycles. The van der Waals surface area contributed by atoms with E-state index in [0.717, 1.165) is 0 Å². The number of nitrogens with one attached hydrogen (secondary N) is 1. The van der Waals surface area contributed by atoms with Gasteiger partial charge in [0, 0.05) is 6.04 Å². The van der Waals surface area contributed by atoms with Crippen LogP contribution in [0.1, 0.15) is 13.8 Å². The molecular weight excluding hydrogens is 142 g/mol. The van der Waals surface area contributed by atoms with Crippen LogP contribution in [0, 0.1) is 5.92 Å². The molecule has 2 N–H and O–H groups in total. The summed E-state index contributed by atoms with van der Waals surface area (Å²) < 4.78 is 5.59. The van der Waals surface area contributed by atoms with Gasteiger partial charge in [-0.3, -0.25) is 0 Å². The Kier molecular flexibility index (Phi) is 1.67. The van der Waals surface area contributed by atoms with Crippen molar-refractivity contribution in [3.05, 3.63) is 0 Å². The van der Waals surface area contributed by atoms with Gasteiger partial charge in [-0.1, -0.05) is 6.92 Å². The molecule has 2 aliphatic heterocycles. The molecule has 0 bridgehead atoms. The molecule has 5 unspecified atom stereocenters. The van der Waals surface area contributed by atoms with Crippen molar-refractivity contribution >= 4 is 0 Å². The summed E-state index contributed by atoms with van der Waals surface area (Å²) in [6, 6.07) is 1.02. The van der Waals surface area contributed by atoms with Gasteiger partial charge in [0.05, 0.1) is 24.9 Å². The third kappa shape index (κ3) is 1.08. The van der Waals surface area contributed by atoms with Crippen molar-refractivity contribution in [3.8, 4) is 0 Å². The van der Waals surface area contributed by atoms with Crippen molar-refractivity contribution in [2.75, 3.05) is 6.61 Å². The Morgan fingerprint density at radius 2 is 2.09 bits per heavy atom. The molecule has 0 radical (unpaired) electrons. The molecule has 0 aliphatic carbocycles. The molecule has 11 heavy (non-hydrogen) atoms. The minimum Gasteiger partial charge on any atom is -0.394 e. The van der Waals surface area contributed by atoms with E-state index in [1.807, 2.05) is 0 Å². The fourth-order valence-electron chi connectivity index (χ4n) is 1.92. The summed E-state index contributed by atoms with van der Waals surface area (Å²) in [5, 5.41) is 12.3. The zero-order valence-electron chi connectivity index (χ0n) is 6.95. The SMILES string of the molecule is CC1OC(CO)C2NC2C1C. The maximum Gasteiger partial charge on any atom is 0.0977 e. The third-order valence-electron chi connectivity index (χ3n) is 2.94. The molecule has 3 nitrogen and oxygen atoms in total. The largest absolute Gasteiger partial charge is 0.394 e. The molecule has 3 heteroatoms. The minimum absolute atomic E-state index is 0.0335. The highest BCUT2D eigenvalue weighted by Crippen LogP contribution is 2.33. The third-order valence-corrected chi connectivity index (χ3v) is 2.94. The molecule has 2 rings (SSSR count). The second-order valence-electron chi connectivity index (χ2n) is 3.64. The van der Waals surface area contributed by atoms with Crippen molar-refractivity contribution < 1.29 is 9.84 Å². The van der Waals surface area contributed by atoms with Crippen LogP contribution in [0.5, 0.6) is 0 Å². The molecule has 0 aromatic heterocycles. The first-order valence-electron chi connectivity index (χ1n) is 4.26. The van der Waals surface area contributed by atoms with Gasteiger partial charge in [0.1, 0.15) is 0 Å². The molecule has 64 valence electrons. The highest BCUT2D eigenvalue weighted by molar-refractivity contribution is 5.09. The van der Waals surface area contributed by atoms with E-state index in [2.05, 4.69) is 19.2 Å². The van der Waals surface area contributed by atoms with Gasteiger partial charge in [-0.15, -0.1) is 0 Å². The Balaban J connectivity index is 2.02. The molecule has 2 fully saturated rings. The summed E-state index contributed by atoms with van der Waals surface area (Å²) in [6.45, 7) is 4.41. The molecule has 0 spiro atoms. The monoisotopic (exact) mass is 157 g/mol. The van der Waals surface area contributed by atoms with E-state index in [1.54, 1.807) is 0 Å². The molecule has 0 amide bonds. The van der Waals surface area contributed by atoms with Gasteiger partial charge in [0.25, 0.3) is 0 Å². The Hall–Kier alpha value is -0.120. The van der Waals surface area contributed by atoms with Gasteiger partial charge < -0.3 is 15.2 Å². The van der Waals surface area contributed by atoms with Crippen molar-refractivity contribution in [1.29, 1.82) is 0 Å². The quantitative estimate of drug-likeness (QED) is 0.516. The number of rotatable bonds is 1. The number of hydrogen-bond donors (Lipinski definition) is 2. The maximum atomic E-state index is 8.93. The first-order valence-corrected chi connectivity index (χ1v) is 4.26. The predicted molar refractivity (Wildman–Crippen MR) is 41.3 cm³/mol. The number of hydrogen-bond acceptors (Lipinski definition) is 3. The van der Waals surface area contributed by atoms with Crippen LogP contribution in [0.15, 0.2) is 0 Å². The van der Waals surface area contributed by atoms with E-state index in [0.29, 0.717) is 18.0 Å². The molecular formula is C8H15NO2. The minimum atomic E-state index is 0.0335. The van der Waals surface area contributed by atoms with Crippen molar-refractivity contribution in [3.63, 3.8) is 0 Å². The van der Waals surface area contributed by atoms with Crippen LogP contribution in [-0.4, -0.2) is 36.0 Å². The van der Waals surface area contributed by atoms with Gasteiger partial charge in [-0.05, 0) is 12.8 Å². The molecule has 2 saturated heterocycles. The smallest absolute Gasteiger partial charge is 0.0977 e. The van der Waals surface area contributed by atoms with E-state index in [9.17, 15) is 0 Å². The average molecular weight is 157 g/mol. The number of ether oxygens (including phenoxy) is 1. The van der Waals surface area contributed by atoms with Gasteiger partial charge >= 0.3 is 0 Å². The van der Waals surface area contributed by atoms with Crippen molar-refractivity contribution in [2.24, 2.45) is 5.92 Å². The highest BCUT2D eigenvalue weighted by atomic mass is 16.5. The fraction of sp³-hybridized carbons (Fsp3) is 1.00. The molecule has 5 atom stereocenters. The summed E-state index contributed by atoms with van der Waals surface area (Å²) >= 11 is 0. The van der Waals surface area contributed by atoms with Crippen molar-refractivity contribution in [2.45, 2.75) is 38.1 Å². The highest BCUT2D eigenvalue weighted by Gasteiger charge is 2.51. The number of aliphatic hydroxyl groups is 1. The van der Waals surface area contributed by atoms with Crippen molar-refractivity contribution in [1.82, 2.24) is 5.32 Å². The molecule has 0 aromatic rings. The lowest BCUT2D eigenvalue weighted by molar-refractivity contribution is -0.0721. The van der Waals surface area contributed by atoms with Crippen LogP contribution in [0.4, 0.5) is 0 Å². The standard InChI is InChI=1S/C8H15NO2/c1-4-5(2)11-6(3-10)8-7(4)9-8/h4-10H,3H2,1-2H3. The number of fused-ring (bicyclic) bond motifs is 1. The molecule has 2 heterocycles. The average Bonchev–Trinajstić information content (AvgIpc) is 2.76. The Labute approximate surface area is 66.7 Å². The van der Waals surface area contributed by atoms with E-state index in [4.69, 9.17) is 9.84 Å². The predicted octanol–water partition coefficient (Wildman–Crippen LogP) is -0.258. The summed E-state index contributed by atoms with van der Waals surface area (Å²) in [6.07, 6.45) is 0.314. The van der Waals surface area contributed by atoms with Crippen LogP contribution < -0.4 is 5.32 Å². The van der Waals surface area contributed by atoms with E-state index in [1.165, 1.54) is 0 Å². The van der Waals surface area contributed by atoms with E-state index >= 15 is 0 Å². The topological polar surface area (TPSA) is 51.4 Å². The van der Waals surface area contributed by atoms with Crippen LogP contribution in [0.2, 0.25) is 0 Å². The zero-order chi connectivity index (χ0) is 8.01. The van der Waals surface area contributed by atoms with Gasteiger partial charge in [0.2, 0.25) is 0 Å². The van der Waals surface area contributed by atoms with E-state index < -0.39 is 0 Å². The van der Waals surface area contributed by atoms with Crippen LogP contribution in [0.25, 0.3) is 0 Å². The van der Waals surface area contributed by atoms with Crippen LogP contribution in [0.3, 0.4) is 0 Å². The first kappa shape index (κ1) is 7.53. The summed E-state index contributed by atoms with van der Waals surface area (Å²) in [4.78, 5) is 0. The van der Waals surface area contributed by atoms with E-state index in [-0.39, 0.29) is 18.8 Å². The molecule has 2 aliphatic rings. The second kappa shape index (κ2) is 2.44. The Morgan fingerprint density at radius 3 is 2.73 bits per heavy atom. The molecule has 0 aromatic carbocycles. The van der Waals surface area contributed by atoms with Gasteiger partial charge in [-0.25, -0.2) is 0 Å². The number of aliphatic hydroxyl groups excluding tert-OH is 1. The summed E-state index contributed by atoms with van der Waals surface area (Å²) in [5.74, 6) is 0.586. The van der Waals surface area contributed by atoms with Crippen LogP contribution in [-0.2, 0) is 4.74 Å². The maximum absolute atomic E-state index is 8.93. The Morgan fingerprint density at radius 1 is 1.36 bits per heavy atom. The lowest BCUT2D eigenvalue weighted by atomic mass is 9.94. The Bertz CT molecular complexity index is 158. The van der Waals surface area contributed by atoms with Gasteiger partial charge in [0.15, 0.2) is 0 Å². The fourth-order valence-corrected chi connectivity index (χ4v) is 1.92. The lowest BCUT2D eigenvalue weighted by Crippen LogP contribution is -2.40. The van der Waals surface area contributed by atoms with Crippen LogP contribution >= 0.6 is 0 Å². The second-order valence-corrected chi connectivity index (χ2v) is 3.64. The lowest BCUT2D eigenvalue weighted by Gasteiger charge is -2.29. The normalized spacial score (nSPS) is 55.4. The summed E-state index contributed by atoms with van der Waals surface area (Å²) in [5.41, 5.74) is 0. The zero-order valence-corrected chi connectivity index (χ0v) is 6.95. The van der Waals surface area contributed by atoms with Gasteiger partial charge in [-0.2, -0.15) is 0 Å². The summed E-state index contributed by atoms with van der Waals surface area (Å²) in [7, 11) is 0.